The molecule has 3 N–H and O–H groups in total. The minimum absolute atomic E-state index is 0.0750. The lowest BCUT2D eigenvalue weighted by Crippen LogP contribution is -2.42. The van der Waals surface area contributed by atoms with Crippen LogP contribution in [0, 0.1) is 6.92 Å². The van der Waals surface area contributed by atoms with Crippen molar-refractivity contribution >= 4 is 45.1 Å². The fraction of sp³-hybridized carbons (Fsp3) is 0.125. The first-order valence-electron chi connectivity index (χ1n) is 7.29. The normalized spacial score (nSPS) is 10.6. The standard InChI is InChI=1S/C16H18N4O3S2/c1-12-3-9-15(10-4-12)25(22,23)20(18-11-21)14-7-5-13(6-8-14)19-16(24)17-2/h3-11H,1-2H3,(H,18,21)(H2,17,19,24). The van der Waals surface area contributed by atoms with E-state index in [1.54, 1.807) is 43.4 Å². The molecule has 0 radical (unpaired) electrons. The van der Waals surface area contributed by atoms with E-state index >= 15 is 0 Å². The maximum Gasteiger partial charge on any atom is 0.281 e. The Morgan fingerprint density at radius 3 is 2.20 bits per heavy atom. The monoisotopic (exact) mass is 378 g/mol. The van der Waals surface area contributed by atoms with E-state index in [1.165, 1.54) is 12.1 Å². The number of aryl methyl sites for hydroxylation is 1. The average Bonchev–Trinajstić information content (AvgIpc) is 2.60. The van der Waals surface area contributed by atoms with Gasteiger partial charge in [0, 0.05) is 12.7 Å². The highest BCUT2D eigenvalue weighted by atomic mass is 32.2. The van der Waals surface area contributed by atoms with Crippen LogP contribution in [0.25, 0.3) is 0 Å². The molecule has 0 aliphatic carbocycles. The number of sulfonamides is 1. The molecule has 25 heavy (non-hydrogen) atoms. The first kappa shape index (κ1) is 18.7. The van der Waals surface area contributed by atoms with Gasteiger partial charge < -0.3 is 10.6 Å². The Labute approximate surface area is 152 Å². The summed E-state index contributed by atoms with van der Waals surface area (Å²) < 4.78 is 26.4. The largest absolute Gasteiger partial charge is 0.366 e. The summed E-state index contributed by atoms with van der Waals surface area (Å²) in [5.41, 5.74) is 4.13. The zero-order chi connectivity index (χ0) is 18.4. The van der Waals surface area contributed by atoms with Gasteiger partial charge in [-0.25, -0.2) is 0 Å². The first-order valence-corrected chi connectivity index (χ1v) is 9.14. The highest BCUT2D eigenvalue weighted by Gasteiger charge is 2.24. The van der Waals surface area contributed by atoms with Crippen LogP contribution >= 0.6 is 12.2 Å². The Hall–Kier alpha value is -2.65. The predicted molar refractivity (Wildman–Crippen MR) is 102 cm³/mol. The second-order valence-corrected chi connectivity index (χ2v) is 7.28. The quantitative estimate of drug-likeness (QED) is 0.403. The van der Waals surface area contributed by atoms with E-state index in [0.29, 0.717) is 17.2 Å². The van der Waals surface area contributed by atoms with Gasteiger partial charge in [0.05, 0.1) is 10.6 Å². The summed E-state index contributed by atoms with van der Waals surface area (Å²) in [6.45, 7) is 1.86. The smallest absolute Gasteiger partial charge is 0.281 e. The van der Waals surface area contributed by atoms with Gasteiger partial charge in [0.15, 0.2) is 5.11 Å². The maximum absolute atomic E-state index is 12.8. The summed E-state index contributed by atoms with van der Waals surface area (Å²) in [4.78, 5) is 11.0. The van der Waals surface area contributed by atoms with Crippen molar-refractivity contribution in [3.8, 4) is 0 Å². The third kappa shape index (κ3) is 4.46. The lowest BCUT2D eigenvalue weighted by atomic mass is 10.2. The highest BCUT2D eigenvalue weighted by molar-refractivity contribution is 7.92. The van der Waals surface area contributed by atoms with Crippen molar-refractivity contribution in [2.24, 2.45) is 0 Å². The Bertz CT molecular complexity index is 850. The van der Waals surface area contributed by atoms with Crippen LogP contribution in [0.4, 0.5) is 11.4 Å². The van der Waals surface area contributed by atoms with E-state index in [-0.39, 0.29) is 10.6 Å². The van der Waals surface area contributed by atoms with Crippen LogP contribution in [0.1, 0.15) is 5.56 Å². The molecule has 0 fully saturated rings. The molecule has 1 amide bonds. The molecule has 0 bridgehead atoms. The number of anilines is 2. The van der Waals surface area contributed by atoms with Crippen LogP contribution < -0.4 is 20.5 Å². The number of nitrogens with one attached hydrogen (secondary N) is 3. The molecule has 132 valence electrons. The summed E-state index contributed by atoms with van der Waals surface area (Å²) in [6, 6.07) is 12.8. The highest BCUT2D eigenvalue weighted by Crippen LogP contribution is 2.23. The van der Waals surface area contributed by atoms with Crippen LogP contribution in [0.3, 0.4) is 0 Å². The van der Waals surface area contributed by atoms with Gasteiger partial charge in [-0.05, 0) is 55.5 Å². The van der Waals surface area contributed by atoms with Crippen molar-refractivity contribution in [1.29, 1.82) is 0 Å². The molecule has 0 atom stereocenters. The topological polar surface area (TPSA) is 90.5 Å². The van der Waals surface area contributed by atoms with Crippen LogP contribution in [0.2, 0.25) is 0 Å². The molecular weight excluding hydrogens is 360 g/mol. The van der Waals surface area contributed by atoms with Crippen molar-refractivity contribution < 1.29 is 13.2 Å². The van der Waals surface area contributed by atoms with E-state index in [9.17, 15) is 13.2 Å². The van der Waals surface area contributed by atoms with Crippen molar-refractivity contribution in [3.05, 3.63) is 54.1 Å². The maximum atomic E-state index is 12.8. The molecule has 2 rings (SSSR count). The molecular formula is C16H18N4O3S2. The van der Waals surface area contributed by atoms with Gasteiger partial charge in [-0.15, -0.1) is 0 Å². The van der Waals surface area contributed by atoms with E-state index in [4.69, 9.17) is 12.2 Å². The number of hydrazine groups is 1. The fourth-order valence-corrected chi connectivity index (χ4v) is 3.41. The molecule has 0 heterocycles. The second-order valence-electron chi connectivity index (χ2n) is 5.08. The van der Waals surface area contributed by atoms with Crippen LogP contribution in [0.5, 0.6) is 0 Å². The molecule has 2 aromatic carbocycles. The summed E-state index contributed by atoms with van der Waals surface area (Å²) in [7, 11) is -2.25. The SMILES string of the molecule is CNC(=S)Nc1ccc(N(NC=O)S(=O)(=O)c2ccc(C)cc2)cc1. The number of benzene rings is 2. The minimum Gasteiger partial charge on any atom is -0.366 e. The average molecular weight is 378 g/mol. The molecule has 0 aromatic heterocycles. The molecule has 2 aromatic rings. The number of hydrogen-bond donors (Lipinski definition) is 3. The Kier molecular flexibility index (Phi) is 5.94. The number of rotatable bonds is 6. The number of nitrogens with zero attached hydrogens (tertiary/aromatic N) is 1. The molecule has 7 nitrogen and oxygen atoms in total. The number of carbonyl (C=O) groups excluding carboxylic acids is 1. The lowest BCUT2D eigenvalue weighted by Gasteiger charge is -2.23. The number of hydrogen-bond acceptors (Lipinski definition) is 4. The third-order valence-corrected chi connectivity index (χ3v) is 5.29. The predicted octanol–water partition coefficient (Wildman–Crippen LogP) is 1.77. The third-order valence-electron chi connectivity index (χ3n) is 3.32. The molecule has 0 spiro atoms. The van der Waals surface area contributed by atoms with Gasteiger partial charge in [0.1, 0.15) is 0 Å². The number of carbonyl (C=O) groups is 1. The molecule has 0 aliphatic rings. The van der Waals surface area contributed by atoms with Gasteiger partial charge in [-0.2, -0.15) is 12.8 Å². The van der Waals surface area contributed by atoms with E-state index in [1.807, 2.05) is 6.92 Å². The number of thiocarbonyl (C=S) groups is 1. The molecule has 0 saturated carbocycles. The fourth-order valence-electron chi connectivity index (χ4n) is 2.02. The molecule has 9 heteroatoms. The van der Waals surface area contributed by atoms with Gasteiger partial charge in [0.25, 0.3) is 10.0 Å². The van der Waals surface area contributed by atoms with Crippen molar-refractivity contribution in [2.45, 2.75) is 11.8 Å². The van der Waals surface area contributed by atoms with E-state index < -0.39 is 10.0 Å². The Morgan fingerprint density at radius 2 is 1.68 bits per heavy atom. The summed E-state index contributed by atoms with van der Waals surface area (Å²) >= 11 is 5.01. The molecule has 0 saturated heterocycles. The van der Waals surface area contributed by atoms with E-state index in [2.05, 4.69) is 16.1 Å². The number of amides is 1. The summed E-state index contributed by atoms with van der Waals surface area (Å²) in [5.74, 6) is 0. The molecule has 0 aliphatic heterocycles. The Morgan fingerprint density at radius 1 is 1.08 bits per heavy atom. The van der Waals surface area contributed by atoms with Gasteiger partial charge in [0.2, 0.25) is 6.41 Å². The summed E-state index contributed by atoms with van der Waals surface area (Å²) in [6.07, 6.45) is 0.314. The van der Waals surface area contributed by atoms with Crippen molar-refractivity contribution in [2.75, 3.05) is 16.8 Å². The van der Waals surface area contributed by atoms with Gasteiger partial charge in [-0.1, -0.05) is 17.7 Å². The van der Waals surface area contributed by atoms with Gasteiger partial charge >= 0.3 is 0 Å². The van der Waals surface area contributed by atoms with Crippen LogP contribution in [-0.4, -0.2) is 27.0 Å². The minimum atomic E-state index is -3.94. The first-order chi connectivity index (χ1) is 11.9. The molecule has 0 unspecified atom stereocenters. The lowest BCUT2D eigenvalue weighted by molar-refractivity contribution is -0.109. The summed E-state index contributed by atoms with van der Waals surface area (Å²) in [5, 5.41) is 6.14. The van der Waals surface area contributed by atoms with E-state index in [0.717, 1.165) is 9.98 Å². The van der Waals surface area contributed by atoms with Crippen LogP contribution in [-0.2, 0) is 14.8 Å². The Balaban J connectivity index is 2.35. The van der Waals surface area contributed by atoms with Crippen molar-refractivity contribution in [1.82, 2.24) is 10.7 Å². The van der Waals surface area contributed by atoms with Crippen molar-refractivity contribution in [3.63, 3.8) is 0 Å². The van der Waals surface area contributed by atoms with Crippen LogP contribution in [0.15, 0.2) is 53.4 Å². The van der Waals surface area contributed by atoms with Gasteiger partial charge in [-0.3, -0.25) is 10.2 Å². The second kappa shape index (κ2) is 7.95. The zero-order valence-electron chi connectivity index (χ0n) is 13.7. The zero-order valence-corrected chi connectivity index (χ0v) is 15.3.